The summed E-state index contributed by atoms with van der Waals surface area (Å²) in [5.74, 6) is 0.344. The van der Waals surface area contributed by atoms with Crippen LogP contribution in [-0.4, -0.2) is 13.0 Å². The summed E-state index contributed by atoms with van der Waals surface area (Å²) >= 11 is 7.46. The highest BCUT2D eigenvalue weighted by Gasteiger charge is 2.06. The minimum absolute atomic E-state index is 0.228. The van der Waals surface area contributed by atoms with Crippen LogP contribution in [-0.2, 0) is 4.79 Å². The molecule has 0 unspecified atom stereocenters. The molecule has 0 aliphatic rings. The van der Waals surface area contributed by atoms with E-state index < -0.39 is 0 Å². The molecule has 1 amide bonds. The minimum Gasteiger partial charge on any atom is -0.495 e. The maximum absolute atomic E-state index is 11.8. The highest BCUT2D eigenvalue weighted by atomic mass is 35.5. The molecule has 1 heterocycles. The van der Waals surface area contributed by atoms with Crippen LogP contribution in [0.2, 0.25) is 5.02 Å². The number of amides is 1. The lowest BCUT2D eigenvalue weighted by Gasteiger charge is -2.08. The first-order valence-electron chi connectivity index (χ1n) is 5.55. The molecule has 5 heteroatoms. The van der Waals surface area contributed by atoms with Gasteiger partial charge in [-0.15, -0.1) is 11.3 Å². The van der Waals surface area contributed by atoms with Gasteiger partial charge in [0.05, 0.1) is 12.8 Å². The van der Waals surface area contributed by atoms with Crippen LogP contribution in [0.4, 0.5) is 5.69 Å². The third-order valence-corrected chi connectivity index (χ3v) is 3.43. The molecule has 0 saturated heterocycles. The van der Waals surface area contributed by atoms with Gasteiger partial charge in [0.25, 0.3) is 0 Å². The van der Waals surface area contributed by atoms with Crippen molar-refractivity contribution in [2.24, 2.45) is 0 Å². The van der Waals surface area contributed by atoms with Crippen LogP contribution in [0.1, 0.15) is 4.88 Å². The summed E-state index contributed by atoms with van der Waals surface area (Å²) in [6.07, 6.45) is 3.24. The van der Waals surface area contributed by atoms with Gasteiger partial charge in [-0.25, -0.2) is 0 Å². The predicted octanol–water partition coefficient (Wildman–Crippen LogP) is 4.06. The number of carbonyl (C=O) groups is 1. The van der Waals surface area contributed by atoms with E-state index in [9.17, 15) is 4.79 Å². The van der Waals surface area contributed by atoms with Gasteiger partial charge in [-0.1, -0.05) is 17.7 Å². The first kappa shape index (κ1) is 13.6. The van der Waals surface area contributed by atoms with Gasteiger partial charge in [-0.05, 0) is 35.7 Å². The summed E-state index contributed by atoms with van der Waals surface area (Å²) in [4.78, 5) is 12.8. The second-order valence-corrected chi connectivity index (χ2v) is 5.10. The fourth-order valence-electron chi connectivity index (χ4n) is 1.50. The van der Waals surface area contributed by atoms with Crippen molar-refractivity contribution in [3.05, 3.63) is 51.7 Å². The Morgan fingerprint density at radius 2 is 2.26 bits per heavy atom. The number of anilines is 1. The monoisotopic (exact) mass is 293 g/mol. The highest BCUT2D eigenvalue weighted by Crippen LogP contribution is 2.27. The molecule has 1 aromatic heterocycles. The van der Waals surface area contributed by atoms with Gasteiger partial charge in [-0.3, -0.25) is 4.79 Å². The van der Waals surface area contributed by atoms with Crippen LogP contribution in [0.15, 0.2) is 41.8 Å². The first-order chi connectivity index (χ1) is 9.19. The van der Waals surface area contributed by atoms with Crippen LogP contribution < -0.4 is 10.1 Å². The van der Waals surface area contributed by atoms with E-state index in [-0.39, 0.29) is 5.91 Å². The van der Waals surface area contributed by atoms with E-state index in [0.717, 1.165) is 4.88 Å². The quantitative estimate of drug-likeness (QED) is 0.863. The molecule has 98 valence electrons. The van der Waals surface area contributed by atoms with Crippen molar-refractivity contribution in [1.29, 1.82) is 0 Å². The Labute approximate surface area is 120 Å². The summed E-state index contributed by atoms with van der Waals surface area (Å²) in [7, 11) is 1.54. The zero-order valence-corrected chi connectivity index (χ0v) is 11.8. The summed E-state index contributed by atoms with van der Waals surface area (Å²) < 4.78 is 5.16. The molecular formula is C14H12ClNO2S. The van der Waals surface area contributed by atoms with Gasteiger partial charge in [0.2, 0.25) is 5.91 Å². The van der Waals surface area contributed by atoms with Crippen molar-refractivity contribution in [3.8, 4) is 5.75 Å². The molecule has 0 saturated carbocycles. The molecule has 0 bridgehead atoms. The zero-order valence-electron chi connectivity index (χ0n) is 10.2. The Hall–Kier alpha value is -1.78. The average Bonchev–Trinajstić information content (AvgIpc) is 2.90. The molecule has 0 atom stereocenters. The third kappa shape index (κ3) is 3.84. The summed E-state index contributed by atoms with van der Waals surface area (Å²) in [6, 6.07) is 8.94. The SMILES string of the molecule is COc1ccc(Cl)cc1NC(=O)C=Cc1cccs1. The molecule has 2 rings (SSSR count). The molecule has 0 fully saturated rings. The number of nitrogens with one attached hydrogen (secondary N) is 1. The number of rotatable bonds is 4. The number of hydrogen-bond donors (Lipinski definition) is 1. The molecule has 1 aromatic carbocycles. The minimum atomic E-state index is -0.228. The van der Waals surface area contributed by atoms with E-state index >= 15 is 0 Å². The largest absolute Gasteiger partial charge is 0.495 e. The second-order valence-electron chi connectivity index (χ2n) is 3.68. The van der Waals surface area contributed by atoms with Crippen molar-refractivity contribution in [2.75, 3.05) is 12.4 Å². The van der Waals surface area contributed by atoms with Crippen molar-refractivity contribution in [1.82, 2.24) is 0 Å². The fourth-order valence-corrected chi connectivity index (χ4v) is 2.29. The van der Waals surface area contributed by atoms with Crippen molar-refractivity contribution in [3.63, 3.8) is 0 Å². The van der Waals surface area contributed by atoms with Crippen LogP contribution in [0.3, 0.4) is 0 Å². The maximum Gasteiger partial charge on any atom is 0.248 e. The molecular weight excluding hydrogens is 282 g/mol. The zero-order chi connectivity index (χ0) is 13.7. The molecule has 2 aromatic rings. The molecule has 1 N–H and O–H groups in total. The summed E-state index contributed by atoms with van der Waals surface area (Å²) in [6.45, 7) is 0. The summed E-state index contributed by atoms with van der Waals surface area (Å²) in [5, 5.41) is 5.23. The van der Waals surface area contributed by atoms with Crippen molar-refractivity contribution >= 4 is 40.6 Å². The lowest BCUT2D eigenvalue weighted by Crippen LogP contribution is -2.08. The van der Waals surface area contributed by atoms with Gasteiger partial charge in [0.15, 0.2) is 0 Å². The van der Waals surface area contributed by atoms with Crippen LogP contribution in [0.5, 0.6) is 5.75 Å². The standard InChI is InChI=1S/C14H12ClNO2S/c1-18-13-6-4-10(15)9-12(13)16-14(17)7-5-11-3-2-8-19-11/h2-9H,1H3,(H,16,17). The van der Waals surface area contributed by atoms with Crippen LogP contribution in [0.25, 0.3) is 6.08 Å². The maximum atomic E-state index is 11.8. The second kappa shape index (κ2) is 6.41. The van der Waals surface area contributed by atoms with E-state index in [0.29, 0.717) is 16.5 Å². The van der Waals surface area contributed by atoms with Gasteiger partial charge >= 0.3 is 0 Å². The molecule has 19 heavy (non-hydrogen) atoms. The molecule has 0 radical (unpaired) electrons. The number of hydrogen-bond acceptors (Lipinski definition) is 3. The van der Waals surface area contributed by atoms with Gasteiger partial charge < -0.3 is 10.1 Å². The van der Waals surface area contributed by atoms with Gasteiger partial charge in [-0.2, -0.15) is 0 Å². The van der Waals surface area contributed by atoms with Gasteiger partial charge in [0.1, 0.15) is 5.75 Å². The Bertz CT molecular complexity index is 593. The lowest BCUT2D eigenvalue weighted by atomic mass is 10.3. The lowest BCUT2D eigenvalue weighted by molar-refractivity contribution is -0.111. The Balaban J connectivity index is 2.08. The number of thiophene rings is 1. The number of carbonyl (C=O) groups excluding carboxylic acids is 1. The van der Waals surface area contributed by atoms with E-state index in [1.807, 2.05) is 17.5 Å². The van der Waals surface area contributed by atoms with Gasteiger partial charge in [0, 0.05) is 16.0 Å². The number of halogens is 1. The van der Waals surface area contributed by atoms with E-state index in [1.54, 1.807) is 42.7 Å². The summed E-state index contributed by atoms with van der Waals surface area (Å²) in [5.41, 5.74) is 0.552. The Morgan fingerprint density at radius 1 is 1.42 bits per heavy atom. The van der Waals surface area contributed by atoms with E-state index in [4.69, 9.17) is 16.3 Å². The average molecular weight is 294 g/mol. The number of benzene rings is 1. The highest BCUT2D eigenvalue weighted by molar-refractivity contribution is 7.10. The number of methoxy groups -OCH3 is 1. The molecule has 0 aliphatic carbocycles. The fraction of sp³-hybridized carbons (Fsp3) is 0.0714. The topological polar surface area (TPSA) is 38.3 Å². The van der Waals surface area contributed by atoms with Crippen molar-refractivity contribution in [2.45, 2.75) is 0 Å². The first-order valence-corrected chi connectivity index (χ1v) is 6.81. The molecule has 0 aliphatic heterocycles. The molecule has 0 spiro atoms. The normalized spacial score (nSPS) is 10.6. The van der Waals surface area contributed by atoms with Crippen LogP contribution in [0, 0.1) is 0 Å². The Morgan fingerprint density at radius 3 is 2.95 bits per heavy atom. The van der Waals surface area contributed by atoms with Crippen LogP contribution >= 0.6 is 22.9 Å². The smallest absolute Gasteiger partial charge is 0.248 e. The Kier molecular flexibility index (Phi) is 4.60. The van der Waals surface area contributed by atoms with Crippen molar-refractivity contribution < 1.29 is 9.53 Å². The van der Waals surface area contributed by atoms with E-state index in [1.165, 1.54) is 6.08 Å². The molecule has 3 nitrogen and oxygen atoms in total. The van der Waals surface area contributed by atoms with E-state index in [2.05, 4.69) is 5.32 Å². The predicted molar refractivity (Wildman–Crippen MR) is 80.0 cm³/mol. The third-order valence-electron chi connectivity index (χ3n) is 2.36. The number of ether oxygens (including phenoxy) is 1.